The van der Waals surface area contributed by atoms with Crippen LogP contribution in [0.4, 0.5) is 0 Å². The fourth-order valence-corrected chi connectivity index (χ4v) is 3.46. The number of halogens is 1. The van der Waals surface area contributed by atoms with Crippen molar-refractivity contribution in [2.45, 2.75) is 25.9 Å². The van der Waals surface area contributed by atoms with Crippen LogP contribution in [0, 0.1) is 5.92 Å². The van der Waals surface area contributed by atoms with Crippen LogP contribution in [0.5, 0.6) is 0 Å². The largest absolute Gasteiger partial charge is 0.359 e. The first-order valence-electron chi connectivity index (χ1n) is 9.56. The quantitative estimate of drug-likeness (QED) is 0.664. The highest BCUT2D eigenvalue weighted by Gasteiger charge is 2.20. The van der Waals surface area contributed by atoms with Gasteiger partial charge in [-0.3, -0.25) is 9.48 Å². The Balaban J connectivity index is 0.00000240. The molecule has 2 aromatic heterocycles. The number of carbonyl (C=O) groups is 1. The van der Waals surface area contributed by atoms with Gasteiger partial charge in [0.2, 0.25) is 0 Å². The smallest absolute Gasteiger partial charge is 0.276 e. The first-order chi connectivity index (χ1) is 13.7. The maximum absolute atomic E-state index is 12.7. The number of carbonyl (C=O) groups excluding carboxylic acids is 1. The van der Waals surface area contributed by atoms with Crippen molar-refractivity contribution >= 4 is 18.3 Å². The summed E-state index contributed by atoms with van der Waals surface area (Å²) < 4.78 is 7.15. The lowest BCUT2D eigenvalue weighted by Crippen LogP contribution is -2.32. The van der Waals surface area contributed by atoms with Gasteiger partial charge in [-0.1, -0.05) is 40.7 Å². The summed E-state index contributed by atoms with van der Waals surface area (Å²) in [5.74, 6) is 0.961. The number of benzene rings is 1. The topological polar surface area (TPSA) is 89.1 Å². The van der Waals surface area contributed by atoms with Crippen LogP contribution < -0.4 is 5.32 Å². The van der Waals surface area contributed by atoms with Crippen LogP contribution in [0.2, 0.25) is 0 Å². The van der Waals surface area contributed by atoms with Gasteiger partial charge in [0.1, 0.15) is 5.69 Å². The van der Waals surface area contributed by atoms with E-state index in [1.807, 2.05) is 36.4 Å². The molecule has 0 radical (unpaired) electrons. The van der Waals surface area contributed by atoms with Gasteiger partial charge in [-0.2, -0.15) is 0 Å². The molecule has 1 amide bonds. The highest BCUT2D eigenvalue weighted by molar-refractivity contribution is 5.91. The summed E-state index contributed by atoms with van der Waals surface area (Å²) in [7, 11) is 1.72. The monoisotopic (exact) mass is 416 g/mol. The minimum absolute atomic E-state index is 0. The Morgan fingerprint density at radius 3 is 2.93 bits per heavy atom. The molecule has 3 heterocycles. The van der Waals surface area contributed by atoms with Crippen LogP contribution in [0.1, 0.15) is 29.1 Å². The molecule has 1 saturated heterocycles. The van der Waals surface area contributed by atoms with Gasteiger partial charge in [0, 0.05) is 25.2 Å². The molecular formula is C20H25ClN6O2. The Morgan fingerprint density at radius 2 is 2.17 bits per heavy atom. The summed E-state index contributed by atoms with van der Waals surface area (Å²) in [4.78, 5) is 14.2. The number of hydrogen-bond acceptors (Lipinski definition) is 6. The molecule has 154 valence electrons. The van der Waals surface area contributed by atoms with E-state index in [9.17, 15) is 4.79 Å². The standard InChI is InChI=1S/C20H24N6O2.ClH/c1-25(13-17-10-18(23-28-17)16-7-3-2-4-8-16)20(27)19-14-26(24-22-19)12-15-6-5-9-21-11-15;/h2-4,7-8,10,14-15,21H,5-6,9,11-13H2,1H3;1H. The number of amides is 1. The lowest BCUT2D eigenvalue weighted by molar-refractivity contribution is 0.0766. The van der Waals surface area contributed by atoms with E-state index in [0.717, 1.165) is 30.9 Å². The zero-order chi connectivity index (χ0) is 19.3. The van der Waals surface area contributed by atoms with Crippen LogP contribution >= 0.6 is 12.4 Å². The molecule has 0 spiro atoms. The van der Waals surface area contributed by atoms with E-state index in [1.54, 1.807) is 22.8 Å². The van der Waals surface area contributed by atoms with Crippen molar-refractivity contribution in [2.75, 3.05) is 20.1 Å². The van der Waals surface area contributed by atoms with E-state index >= 15 is 0 Å². The molecular weight excluding hydrogens is 392 g/mol. The molecule has 3 aromatic rings. The Labute approximate surface area is 175 Å². The van der Waals surface area contributed by atoms with Gasteiger partial charge in [-0.05, 0) is 31.8 Å². The van der Waals surface area contributed by atoms with E-state index in [-0.39, 0.29) is 18.3 Å². The zero-order valence-corrected chi connectivity index (χ0v) is 17.1. The molecule has 4 rings (SSSR count). The number of piperidine rings is 1. The second-order valence-electron chi connectivity index (χ2n) is 7.24. The highest BCUT2D eigenvalue weighted by Crippen LogP contribution is 2.19. The van der Waals surface area contributed by atoms with E-state index in [0.29, 0.717) is 23.9 Å². The maximum Gasteiger partial charge on any atom is 0.276 e. The summed E-state index contributed by atoms with van der Waals surface area (Å²) in [6.45, 7) is 3.16. The summed E-state index contributed by atoms with van der Waals surface area (Å²) in [6, 6.07) is 11.6. The van der Waals surface area contributed by atoms with Gasteiger partial charge in [-0.15, -0.1) is 17.5 Å². The molecule has 1 aliphatic heterocycles. The van der Waals surface area contributed by atoms with Gasteiger partial charge >= 0.3 is 0 Å². The fourth-order valence-electron chi connectivity index (χ4n) is 3.46. The summed E-state index contributed by atoms with van der Waals surface area (Å²) in [6.07, 6.45) is 4.07. The minimum atomic E-state index is -0.189. The Bertz CT molecular complexity index is 920. The van der Waals surface area contributed by atoms with E-state index < -0.39 is 0 Å². The van der Waals surface area contributed by atoms with Crippen LogP contribution in [0.15, 0.2) is 47.1 Å². The van der Waals surface area contributed by atoms with Gasteiger partial charge in [0.05, 0.1) is 12.7 Å². The van der Waals surface area contributed by atoms with E-state index in [1.165, 1.54) is 12.8 Å². The SMILES string of the molecule is CN(Cc1cc(-c2ccccc2)no1)C(=O)c1cn(CC2CCCNC2)nn1.Cl. The van der Waals surface area contributed by atoms with Crippen molar-refractivity contribution < 1.29 is 9.32 Å². The summed E-state index contributed by atoms with van der Waals surface area (Å²) >= 11 is 0. The average Bonchev–Trinajstić information content (AvgIpc) is 3.39. The van der Waals surface area contributed by atoms with Gasteiger partial charge in [0.25, 0.3) is 5.91 Å². The van der Waals surface area contributed by atoms with Crippen molar-refractivity contribution in [3.63, 3.8) is 0 Å². The lowest BCUT2D eigenvalue weighted by Gasteiger charge is -2.22. The molecule has 0 saturated carbocycles. The molecule has 1 unspecified atom stereocenters. The van der Waals surface area contributed by atoms with Crippen molar-refractivity contribution in [3.8, 4) is 11.3 Å². The second-order valence-corrected chi connectivity index (χ2v) is 7.24. The fraction of sp³-hybridized carbons (Fsp3) is 0.400. The van der Waals surface area contributed by atoms with Crippen LogP contribution in [0.25, 0.3) is 11.3 Å². The summed E-state index contributed by atoms with van der Waals surface area (Å²) in [5, 5.41) is 15.7. The normalized spacial score (nSPS) is 16.2. The lowest BCUT2D eigenvalue weighted by atomic mass is 10.00. The predicted molar refractivity (Wildman–Crippen MR) is 111 cm³/mol. The zero-order valence-electron chi connectivity index (χ0n) is 16.3. The van der Waals surface area contributed by atoms with Crippen molar-refractivity contribution in [1.82, 2.24) is 30.4 Å². The van der Waals surface area contributed by atoms with Crippen LogP contribution in [0.3, 0.4) is 0 Å². The number of hydrogen-bond donors (Lipinski definition) is 1. The molecule has 29 heavy (non-hydrogen) atoms. The van der Waals surface area contributed by atoms with Gasteiger partial charge in [0.15, 0.2) is 11.5 Å². The number of rotatable bonds is 6. The van der Waals surface area contributed by atoms with Crippen molar-refractivity contribution in [2.24, 2.45) is 5.92 Å². The molecule has 9 heteroatoms. The van der Waals surface area contributed by atoms with Crippen molar-refractivity contribution in [1.29, 1.82) is 0 Å². The molecule has 1 aromatic carbocycles. The molecule has 1 atom stereocenters. The Kier molecular flexibility index (Phi) is 7.00. The molecule has 0 aliphatic carbocycles. The molecule has 1 fully saturated rings. The third-order valence-corrected chi connectivity index (χ3v) is 4.97. The van der Waals surface area contributed by atoms with Crippen LogP contribution in [-0.4, -0.2) is 51.1 Å². The van der Waals surface area contributed by atoms with E-state index in [4.69, 9.17) is 4.52 Å². The molecule has 1 aliphatic rings. The third kappa shape index (κ3) is 5.21. The molecule has 8 nitrogen and oxygen atoms in total. The van der Waals surface area contributed by atoms with Crippen molar-refractivity contribution in [3.05, 3.63) is 54.0 Å². The maximum atomic E-state index is 12.7. The first-order valence-corrected chi connectivity index (χ1v) is 9.56. The highest BCUT2D eigenvalue weighted by atomic mass is 35.5. The van der Waals surface area contributed by atoms with E-state index in [2.05, 4.69) is 20.8 Å². The number of aromatic nitrogens is 4. The molecule has 1 N–H and O–H groups in total. The minimum Gasteiger partial charge on any atom is -0.359 e. The average molecular weight is 417 g/mol. The number of nitrogens with one attached hydrogen (secondary N) is 1. The second kappa shape index (κ2) is 9.67. The Morgan fingerprint density at radius 1 is 1.34 bits per heavy atom. The summed E-state index contributed by atoms with van der Waals surface area (Å²) in [5.41, 5.74) is 2.07. The number of nitrogens with zero attached hydrogens (tertiary/aromatic N) is 5. The van der Waals surface area contributed by atoms with Gasteiger partial charge in [-0.25, -0.2) is 0 Å². The van der Waals surface area contributed by atoms with Gasteiger partial charge < -0.3 is 14.7 Å². The third-order valence-electron chi connectivity index (χ3n) is 4.97. The van der Waals surface area contributed by atoms with Crippen LogP contribution in [-0.2, 0) is 13.1 Å². The molecule has 0 bridgehead atoms. The first kappa shape index (κ1) is 21.0. The predicted octanol–water partition coefficient (Wildman–Crippen LogP) is 2.63. The Hall–Kier alpha value is -2.71.